The van der Waals surface area contributed by atoms with E-state index < -0.39 is 26.5 Å². The summed E-state index contributed by atoms with van der Waals surface area (Å²) in [5, 5.41) is 2.50. The molecule has 0 spiro atoms. The average molecular weight is 545 g/mol. The van der Waals surface area contributed by atoms with E-state index in [1.54, 1.807) is 19.2 Å². The van der Waals surface area contributed by atoms with Gasteiger partial charge >= 0.3 is 0 Å². The third-order valence-electron chi connectivity index (χ3n) is 8.67. The maximum absolute atomic E-state index is 15.6. The van der Waals surface area contributed by atoms with Gasteiger partial charge < -0.3 is 14.8 Å². The van der Waals surface area contributed by atoms with Crippen molar-refractivity contribution in [1.29, 1.82) is 0 Å². The van der Waals surface area contributed by atoms with Gasteiger partial charge in [0.15, 0.2) is 0 Å². The molecule has 0 aromatic heterocycles. The van der Waals surface area contributed by atoms with E-state index >= 15 is 4.39 Å². The Morgan fingerprint density at radius 3 is 2.50 bits per heavy atom. The van der Waals surface area contributed by atoms with Gasteiger partial charge in [0.25, 0.3) is 0 Å². The van der Waals surface area contributed by atoms with Gasteiger partial charge in [-0.15, -0.1) is 0 Å². The van der Waals surface area contributed by atoms with E-state index in [2.05, 4.69) is 5.32 Å². The van der Waals surface area contributed by atoms with Gasteiger partial charge in [-0.3, -0.25) is 4.79 Å². The van der Waals surface area contributed by atoms with E-state index in [1.165, 1.54) is 10.4 Å². The van der Waals surface area contributed by atoms with Crippen LogP contribution in [0.2, 0.25) is 0 Å². The molecule has 0 unspecified atom stereocenters. The topological polar surface area (TPSA) is 84.9 Å². The first-order valence-corrected chi connectivity index (χ1v) is 15.0. The van der Waals surface area contributed by atoms with Crippen molar-refractivity contribution in [3.05, 3.63) is 71.0 Å². The molecule has 0 bridgehead atoms. The molecule has 3 fully saturated rings. The van der Waals surface area contributed by atoms with Gasteiger partial charge in [0.1, 0.15) is 11.1 Å². The molecule has 38 heavy (non-hydrogen) atoms. The predicted molar refractivity (Wildman–Crippen MR) is 142 cm³/mol. The van der Waals surface area contributed by atoms with Crippen molar-refractivity contribution in [2.45, 2.75) is 80.8 Å². The number of benzene rings is 2. The highest BCUT2D eigenvalue weighted by molar-refractivity contribution is 7.89. The zero-order valence-electron chi connectivity index (χ0n) is 22.1. The first-order chi connectivity index (χ1) is 18.2. The molecule has 1 amide bonds. The van der Waals surface area contributed by atoms with Gasteiger partial charge in [-0.1, -0.05) is 42.5 Å². The summed E-state index contributed by atoms with van der Waals surface area (Å²) in [5.74, 6) is -0.598. The Bertz CT molecular complexity index is 1240. The number of halogens is 1. The first kappa shape index (κ1) is 27.2. The van der Waals surface area contributed by atoms with Crippen LogP contribution < -0.4 is 5.32 Å². The molecular weight excluding hydrogens is 507 g/mol. The van der Waals surface area contributed by atoms with Crippen LogP contribution in [0.4, 0.5) is 4.39 Å². The Morgan fingerprint density at radius 1 is 1.13 bits per heavy atom. The second kappa shape index (κ2) is 11.0. The normalized spacial score (nSPS) is 28.8. The molecule has 0 radical (unpaired) electrons. The van der Waals surface area contributed by atoms with Crippen molar-refractivity contribution < 1.29 is 27.1 Å². The zero-order chi connectivity index (χ0) is 26.9. The first-order valence-electron chi connectivity index (χ1n) is 13.5. The number of nitrogens with zero attached hydrogens (tertiary/aromatic N) is 1. The molecule has 2 aliphatic heterocycles. The number of methoxy groups -OCH3 is 1. The standard InChI is InChI=1S/C29H37FN2O5S/c1-20-8-11-27(21-6-4-3-5-7-21)38(34,35)32(20)19-22-9-10-23(16-26(22)30)29(12-14-37-15-13-29)28(33)31-24-17-25(18-24)36-2/h3-7,9-10,16,20,24-25,27H,8,11-15,17-19H2,1-2H3,(H,31,33)/t20-,24?,25?,27+/m0/s1. The number of hydrogen-bond donors (Lipinski definition) is 1. The summed E-state index contributed by atoms with van der Waals surface area (Å²) in [7, 11) is -2.01. The molecule has 2 heterocycles. The minimum absolute atomic E-state index is 0.0399. The number of ether oxygens (including phenoxy) is 2. The predicted octanol–water partition coefficient (Wildman–Crippen LogP) is 4.22. The number of rotatable bonds is 7. The van der Waals surface area contributed by atoms with Crippen molar-refractivity contribution in [2.75, 3.05) is 20.3 Å². The summed E-state index contributed by atoms with van der Waals surface area (Å²) in [4.78, 5) is 13.5. The Hall–Kier alpha value is -2.33. The fraction of sp³-hybridized carbons (Fsp3) is 0.552. The molecule has 7 nitrogen and oxygen atoms in total. The number of sulfonamides is 1. The maximum atomic E-state index is 15.6. The molecular formula is C29H37FN2O5S. The number of hydrogen-bond acceptors (Lipinski definition) is 5. The Balaban J connectivity index is 1.37. The van der Waals surface area contributed by atoms with Crippen LogP contribution in [0.1, 0.15) is 67.4 Å². The third-order valence-corrected chi connectivity index (χ3v) is 11.0. The summed E-state index contributed by atoms with van der Waals surface area (Å²) in [5.41, 5.74) is 0.802. The van der Waals surface area contributed by atoms with Crippen LogP contribution >= 0.6 is 0 Å². The Kier molecular flexibility index (Phi) is 7.91. The lowest BCUT2D eigenvalue weighted by atomic mass is 9.72. The van der Waals surface area contributed by atoms with E-state index in [1.807, 2.05) is 37.3 Å². The van der Waals surface area contributed by atoms with E-state index in [-0.39, 0.29) is 30.6 Å². The molecule has 3 aliphatic rings. The molecule has 5 rings (SSSR count). The smallest absolute Gasteiger partial charge is 0.231 e. The van der Waals surface area contributed by atoms with E-state index in [4.69, 9.17) is 9.47 Å². The molecule has 1 N–H and O–H groups in total. The van der Waals surface area contributed by atoms with Gasteiger partial charge in [-0.2, -0.15) is 4.31 Å². The van der Waals surface area contributed by atoms with Crippen LogP contribution in [0.15, 0.2) is 48.5 Å². The van der Waals surface area contributed by atoms with Crippen molar-refractivity contribution in [1.82, 2.24) is 9.62 Å². The lowest BCUT2D eigenvalue weighted by molar-refractivity contribution is -0.132. The summed E-state index contributed by atoms with van der Waals surface area (Å²) < 4.78 is 55.1. The molecule has 1 saturated carbocycles. The van der Waals surface area contributed by atoms with E-state index in [0.29, 0.717) is 50.0 Å². The zero-order valence-corrected chi connectivity index (χ0v) is 22.9. The van der Waals surface area contributed by atoms with E-state index in [9.17, 15) is 13.2 Å². The fourth-order valence-electron chi connectivity index (χ4n) is 6.06. The summed E-state index contributed by atoms with van der Waals surface area (Å²) in [6.45, 7) is 2.68. The summed E-state index contributed by atoms with van der Waals surface area (Å²) >= 11 is 0. The molecule has 1 aliphatic carbocycles. The van der Waals surface area contributed by atoms with E-state index in [0.717, 1.165) is 18.4 Å². The van der Waals surface area contributed by atoms with Gasteiger partial charge in [0.05, 0.1) is 11.5 Å². The van der Waals surface area contributed by atoms with Crippen molar-refractivity contribution in [2.24, 2.45) is 0 Å². The largest absolute Gasteiger partial charge is 0.381 e. The van der Waals surface area contributed by atoms with Crippen LogP contribution in [0.25, 0.3) is 0 Å². The summed E-state index contributed by atoms with van der Waals surface area (Å²) in [6, 6.07) is 13.9. The number of nitrogens with one attached hydrogen (secondary N) is 1. The molecule has 9 heteroatoms. The number of carbonyl (C=O) groups is 1. The molecule has 2 aromatic rings. The van der Waals surface area contributed by atoms with Crippen molar-refractivity contribution in [3.63, 3.8) is 0 Å². The van der Waals surface area contributed by atoms with Gasteiger partial charge in [0.2, 0.25) is 15.9 Å². The van der Waals surface area contributed by atoms with Crippen LogP contribution in [0, 0.1) is 5.82 Å². The SMILES string of the molecule is COC1CC(NC(=O)C2(c3ccc(CN4[C@@H](C)CC[C@H](c5ccccc5)S4(=O)=O)c(F)c3)CCOCC2)C1. The molecule has 206 valence electrons. The lowest BCUT2D eigenvalue weighted by Crippen LogP contribution is -2.55. The number of carbonyl (C=O) groups excluding carboxylic acids is 1. The third kappa shape index (κ3) is 5.13. The lowest BCUT2D eigenvalue weighted by Gasteiger charge is -2.41. The Labute approximate surface area is 224 Å². The minimum Gasteiger partial charge on any atom is -0.381 e. The van der Waals surface area contributed by atoms with Gasteiger partial charge in [-0.05, 0) is 62.6 Å². The minimum atomic E-state index is -3.68. The monoisotopic (exact) mass is 544 g/mol. The quantitative estimate of drug-likeness (QED) is 0.564. The van der Waals surface area contributed by atoms with Crippen LogP contribution in [0.5, 0.6) is 0 Å². The maximum Gasteiger partial charge on any atom is 0.231 e. The highest BCUT2D eigenvalue weighted by Crippen LogP contribution is 2.40. The highest BCUT2D eigenvalue weighted by atomic mass is 32.2. The molecule has 2 aromatic carbocycles. The van der Waals surface area contributed by atoms with Crippen LogP contribution in [-0.2, 0) is 36.3 Å². The van der Waals surface area contributed by atoms with Crippen molar-refractivity contribution in [3.8, 4) is 0 Å². The second-order valence-electron chi connectivity index (χ2n) is 10.9. The second-order valence-corrected chi connectivity index (χ2v) is 13.0. The van der Waals surface area contributed by atoms with Crippen LogP contribution in [0.3, 0.4) is 0 Å². The number of amides is 1. The highest BCUT2D eigenvalue weighted by Gasteiger charge is 2.45. The Morgan fingerprint density at radius 2 is 1.84 bits per heavy atom. The summed E-state index contributed by atoms with van der Waals surface area (Å²) in [6.07, 6.45) is 3.88. The average Bonchev–Trinajstić information content (AvgIpc) is 2.89. The van der Waals surface area contributed by atoms with Crippen molar-refractivity contribution >= 4 is 15.9 Å². The fourth-order valence-corrected chi connectivity index (χ4v) is 8.25. The van der Waals surface area contributed by atoms with Gasteiger partial charge in [0, 0.05) is 44.5 Å². The molecule has 2 atom stereocenters. The van der Waals surface area contributed by atoms with Crippen LogP contribution in [-0.4, -0.2) is 57.1 Å². The van der Waals surface area contributed by atoms with Gasteiger partial charge in [-0.25, -0.2) is 12.8 Å². The molecule has 2 saturated heterocycles.